The first-order valence-electron chi connectivity index (χ1n) is 7.37. The predicted molar refractivity (Wildman–Crippen MR) is 93.2 cm³/mol. The minimum atomic E-state index is -1.06. The summed E-state index contributed by atoms with van der Waals surface area (Å²) in [5.41, 5.74) is 0.873. The number of carbonyl (C=O) groups is 1. The molecule has 3 aromatic rings. The number of nitrogens with one attached hydrogen (secondary N) is 2. The van der Waals surface area contributed by atoms with Gasteiger partial charge in [-0.05, 0) is 42.5 Å². The minimum absolute atomic E-state index is 0.0301. The Labute approximate surface area is 151 Å². The molecule has 2 N–H and O–H groups in total. The maximum Gasteiger partial charge on any atom is 0.257 e. The monoisotopic (exact) mass is 377 g/mol. The Hall–Kier alpha value is -3.06. The molecule has 4 nitrogen and oxygen atoms in total. The van der Waals surface area contributed by atoms with Crippen LogP contribution < -0.4 is 10.6 Å². The number of nitrogens with zero attached hydrogens (tertiary/aromatic N) is 1. The number of hydrogen-bond donors (Lipinski definition) is 2. The van der Waals surface area contributed by atoms with Crippen LogP contribution in [0.15, 0.2) is 54.7 Å². The van der Waals surface area contributed by atoms with Crippen LogP contribution in [0.4, 0.5) is 30.4 Å². The third-order valence-electron chi connectivity index (χ3n) is 3.40. The van der Waals surface area contributed by atoms with Gasteiger partial charge in [-0.1, -0.05) is 11.6 Å². The average Bonchev–Trinajstić information content (AvgIpc) is 2.62. The first kappa shape index (κ1) is 17.8. The van der Waals surface area contributed by atoms with E-state index in [9.17, 15) is 18.0 Å². The summed E-state index contributed by atoms with van der Waals surface area (Å²) in [7, 11) is 0. The highest BCUT2D eigenvalue weighted by Gasteiger charge is 2.09. The summed E-state index contributed by atoms with van der Waals surface area (Å²) in [5, 5.41) is 5.33. The second kappa shape index (κ2) is 7.45. The van der Waals surface area contributed by atoms with Crippen LogP contribution in [0.1, 0.15) is 10.4 Å². The van der Waals surface area contributed by atoms with Crippen molar-refractivity contribution in [3.63, 3.8) is 0 Å². The lowest BCUT2D eigenvalue weighted by molar-refractivity contribution is 0.102. The van der Waals surface area contributed by atoms with E-state index in [-0.39, 0.29) is 16.3 Å². The molecule has 0 fully saturated rings. The van der Waals surface area contributed by atoms with Gasteiger partial charge >= 0.3 is 0 Å². The normalized spacial score (nSPS) is 10.5. The summed E-state index contributed by atoms with van der Waals surface area (Å²) in [6, 6.07) is 10.2. The van der Waals surface area contributed by atoms with Gasteiger partial charge in [0.2, 0.25) is 0 Å². The summed E-state index contributed by atoms with van der Waals surface area (Å²) in [6.07, 6.45) is 1.31. The van der Waals surface area contributed by atoms with Gasteiger partial charge in [-0.2, -0.15) is 0 Å². The van der Waals surface area contributed by atoms with Crippen molar-refractivity contribution in [3.8, 4) is 0 Å². The summed E-state index contributed by atoms with van der Waals surface area (Å²) >= 11 is 5.71. The molecule has 26 heavy (non-hydrogen) atoms. The predicted octanol–water partition coefficient (Wildman–Crippen LogP) is 5.15. The zero-order chi connectivity index (χ0) is 18.7. The lowest BCUT2D eigenvalue weighted by Gasteiger charge is -2.08. The lowest BCUT2D eigenvalue weighted by Crippen LogP contribution is -2.12. The van der Waals surface area contributed by atoms with Crippen molar-refractivity contribution in [2.24, 2.45) is 0 Å². The van der Waals surface area contributed by atoms with Gasteiger partial charge in [0.05, 0.1) is 10.6 Å². The zero-order valence-corrected chi connectivity index (χ0v) is 13.8. The number of hydrogen-bond acceptors (Lipinski definition) is 3. The van der Waals surface area contributed by atoms with E-state index in [1.165, 1.54) is 42.6 Å². The van der Waals surface area contributed by atoms with Gasteiger partial charge in [-0.15, -0.1) is 0 Å². The molecule has 8 heteroatoms. The van der Waals surface area contributed by atoms with Crippen LogP contribution in [0, 0.1) is 17.5 Å². The van der Waals surface area contributed by atoms with Gasteiger partial charge in [0.1, 0.15) is 11.6 Å². The Morgan fingerprint density at radius 2 is 1.62 bits per heavy atom. The van der Waals surface area contributed by atoms with E-state index in [0.29, 0.717) is 11.5 Å². The molecule has 1 aromatic heterocycles. The number of halogens is 4. The van der Waals surface area contributed by atoms with Crippen molar-refractivity contribution in [1.29, 1.82) is 0 Å². The summed E-state index contributed by atoms with van der Waals surface area (Å²) in [4.78, 5) is 16.2. The first-order valence-corrected chi connectivity index (χ1v) is 7.75. The third kappa shape index (κ3) is 4.12. The largest absolute Gasteiger partial charge is 0.340 e. The fourth-order valence-corrected chi connectivity index (χ4v) is 2.28. The maximum atomic E-state index is 13.2. The van der Waals surface area contributed by atoms with E-state index in [1.54, 1.807) is 0 Å². The number of rotatable bonds is 4. The maximum absolute atomic E-state index is 13.2. The number of amides is 1. The molecule has 0 aliphatic rings. The molecule has 1 heterocycles. The Kier molecular flexibility index (Phi) is 5.09. The smallest absolute Gasteiger partial charge is 0.257 e. The molecular weight excluding hydrogens is 367 g/mol. The fourth-order valence-electron chi connectivity index (χ4n) is 2.10. The van der Waals surface area contributed by atoms with Crippen LogP contribution >= 0.6 is 11.6 Å². The van der Waals surface area contributed by atoms with Gasteiger partial charge in [-0.25, -0.2) is 18.2 Å². The second-order valence-corrected chi connectivity index (χ2v) is 5.68. The van der Waals surface area contributed by atoms with Crippen molar-refractivity contribution in [1.82, 2.24) is 4.98 Å². The van der Waals surface area contributed by atoms with Crippen LogP contribution in [-0.4, -0.2) is 10.9 Å². The molecule has 0 saturated carbocycles. The molecule has 0 bridgehead atoms. The lowest BCUT2D eigenvalue weighted by atomic mass is 10.2. The molecule has 0 spiro atoms. The van der Waals surface area contributed by atoms with Gasteiger partial charge in [0, 0.05) is 23.6 Å². The van der Waals surface area contributed by atoms with Gasteiger partial charge in [-0.3, -0.25) is 4.79 Å². The van der Waals surface area contributed by atoms with Gasteiger partial charge < -0.3 is 10.6 Å². The van der Waals surface area contributed by atoms with E-state index in [4.69, 9.17) is 11.6 Å². The van der Waals surface area contributed by atoms with Crippen LogP contribution in [0.3, 0.4) is 0 Å². The Bertz CT molecular complexity index is 964. The van der Waals surface area contributed by atoms with Crippen molar-refractivity contribution < 1.29 is 18.0 Å². The highest BCUT2D eigenvalue weighted by molar-refractivity contribution is 6.31. The molecule has 0 aliphatic heterocycles. The van der Waals surface area contributed by atoms with Crippen LogP contribution in [0.5, 0.6) is 0 Å². The second-order valence-electron chi connectivity index (χ2n) is 5.27. The van der Waals surface area contributed by atoms with E-state index >= 15 is 0 Å². The standard InChI is InChI=1S/C18H11ClF3N3O/c19-13-7-11(2-4-14(13)20)24-17-6-1-10(9-23-17)18(26)25-12-3-5-15(21)16(22)8-12/h1-9H,(H,23,24)(H,25,26). The highest BCUT2D eigenvalue weighted by atomic mass is 35.5. The zero-order valence-electron chi connectivity index (χ0n) is 13.1. The summed E-state index contributed by atoms with van der Waals surface area (Å²) in [5.74, 6) is -2.70. The number of carbonyl (C=O) groups excluding carboxylic acids is 1. The van der Waals surface area contributed by atoms with E-state index < -0.39 is 23.4 Å². The van der Waals surface area contributed by atoms with Crippen molar-refractivity contribution in [3.05, 3.63) is 82.8 Å². The topological polar surface area (TPSA) is 54.0 Å². The molecule has 2 aromatic carbocycles. The van der Waals surface area contributed by atoms with Crippen molar-refractivity contribution >= 4 is 34.7 Å². The van der Waals surface area contributed by atoms with E-state index in [1.807, 2.05) is 0 Å². The van der Waals surface area contributed by atoms with Crippen molar-refractivity contribution in [2.75, 3.05) is 10.6 Å². The summed E-state index contributed by atoms with van der Waals surface area (Å²) < 4.78 is 39.2. The molecule has 0 saturated heterocycles. The van der Waals surface area contributed by atoms with Crippen LogP contribution in [0.2, 0.25) is 5.02 Å². The number of aromatic nitrogens is 1. The van der Waals surface area contributed by atoms with E-state index in [0.717, 1.165) is 12.1 Å². The van der Waals surface area contributed by atoms with Gasteiger partial charge in [0.25, 0.3) is 5.91 Å². The number of benzene rings is 2. The third-order valence-corrected chi connectivity index (χ3v) is 3.68. The fraction of sp³-hybridized carbons (Fsp3) is 0. The van der Waals surface area contributed by atoms with Crippen molar-refractivity contribution in [2.45, 2.75) is 0 Å². The summed E-state index contributed by atoms with van der Waals surface area (Å²) in [6.45, 7) is 0. The van der Waals surface area contributed by atoms with Crippen LogP contribution in [-0.2, 0) is 0 Å². The quantitative estimate of drug-likeness (QED) is 0.661. The molecular formula is C18H11ClF3N3O. The first-order chi connectivity index (χ1) is 12.4. The SMILES string of the molecule is O=C(Nc1ccc(F)c(F)c1)c1ccc(Nc2ccc(F)c(Cl)c2)nc1. The minimum Gasteiger partial charge on any atom is -0.340 e. The average molecular weight is 378 g/mol. The molecule has 3 rings (SSSR count). The number of anilines is 3. The van der Waals surface area contributed by atoms with E-state index in [2.05, 4.69) is 15.6 Å². The number of pyridine rings is 1. The molecule has 132 valence electrons. The Balaban J connectivity index is 1.69. The van der Waals surface area contributed by atoms with Gasteiger partial charge in [0.15, 0.2) is 11.6 Å². The Morgan fingerprint density at radius 1 is 0.885 bits per heavy atom. The molecule has 0 atom stereocenters. The molecule has 0 aliphatic carbocycles. The molecule has 0 unspecified atom stereocenters. The van der Waals surface area contributed by atoms with Crippen LogP contribution in [0.25, 0.3) is 0 Å². The molecule has 1 amide bonds. The Morgan fingerprint density at radius 3 is 2.27 bits per heavy atom. The molecule has 0 radical (unpaired) electrons. The highest BCUT2D eigenvalue weighted by Crippen LogP contribution is 2.22.